The quantitative estimate of drug-likeness (QED) is 0.166. The molecular weight excluding hydrogens is 783 g/mol. The maximum absolute atomic E-state index is 15.4. The number of hydrogen-bond acceptors (Lipinski definition) is 3. The van der Waals surface area contributed by atoms with E-state index in [0.717, 1.165) is 82.4 Å². The minimum atomic E-state index is -0.466. The number of para-hydroxylation sites is 3. The van der Waals surface area contributed by atoms with Crippen LogP contribution in [-0.4, -0.2) is 14.6 Å². The Morgan fingerprint density at radius 1 is 0.469 bits per heavy atom. The predicted molar refractivity (Wildman–Crippen MR) is 256 cm³/mol. The monoisotopic (exact) mass is 811 g/mol. The molecule has 292 valence electrons. The number of benzene rings is 9. The molecule has 0 N–H and O–H groups in total. The highest BCUT2D eigenvalue weighted by Gasteiger charge is 2.69. The van der Waals surface area contributed by atoms with Crippen LogP contribution < -0.4 is 0 Å². The molecule has 0 amide bonds. The van der Waals surface area contributed by atoms with E-state index >= 15 is 4.79 Å². The lowest BCUT2D eigenvalue weighted by atomic mass is 9.52. The Kier molecular flexibility index (Phi) is 5.25. The zero-order chi connectivity index (χ0) is 41.5. The Bertz CT molecular complexity index is 4600. The first kappa shape index (κ1) is 32.3. The SMILES string of the molecule is N#Cc1cc2c(c3cc4c(c5cccc6c7ccccc7n4c65)c4c5cc6c(cc5n2c34)C(=O)C2c3ccccc3C3c4ccccc4C623)c2c1oc1c(-c3ccccc3)cccc12. The summed E-state index contributed by atoms with van der Waals surface area (Å²) < 4.78 is 11.8. The molecule has 14 aromatic rings. The van der Waals surface area contributed by atoms with Crippen molar-refractivity contribution in [2.45, 2.75) is 17.3 Å². The highest BCUT2D eigenvalue weighted by atomic mass is 16.3. The van der Waals surface area contributed by atoms with Crippen molar-refractivity contribution in [2.75, 3.05) is 0 Å². The Hall–Kier alpha value is -8.46. The van der Waals surface area contributed by atoms with Gasteiger partial charge in [-0.15, -0.1) is 0 Å². The van der Waals surface area contributed by atoms with Crippen LogP contribution in [0, 0.1) is 11.3 Å². The van der Waals surface area contributed by atoms with Crippen LogP contribution in [0.5, 0.6) is 0 Å². The van der Waals surface area contributed by atoms with Crippen molar-refractivity contribution in [2.24, 2.45) is 0 Å². The molecule has 1 spiro atoms. The lowest BCUT2D eigenvalue weighted by molar-refractivity contribution is 0.0949. The smallest absolute Gasteiger partial charge is 0.171 e. The van der Waals surface area contributed by atoms with Gasteiger partial charge in [-0.1, -0.05) is 133 Å². The molecular formula is C59H29N3O2. The van der Waals surface area contributed by atoms with Gasteiger partial charge in [-0.05, 0) is 63.7 Å². The van der Waals surface area contributed by atoms with Crippen LogP contribution in [0.3, 0.4) is 0 Å². The summed E-state index contributed by atoms with van der Waals surface area (Å²) in [6, 6.07) is 61.2. The summed E-state index contributed by atoms with van der Waals surface area (Å²) >= 11 is 0. The van der Waals surface area contributed by atoms with E-state index in [1.807, 2.05) is 24.3 Å². The fourth-order valence-electron chi connectivity index (χ4n) is 13.9. The highest BCUT2D eigenvalue weighted by Crippen LogP contribution is 2.73. The van der Waals surface area contributed by atoms with E-state index in [1.165, 1.54) is 54.7 Å². The average molecular weight is 812 g/mol. The molecule has 0 saturated carbocycles. The molecule has 17 rings (SSSR count). The number of ketones is 1. The molecule has 3 aliphatic rings. The largest absolute Gasteiger partial charge is 0.454 e. The predicted octanol–water partition coefficient (Wildman–Crippen LogP) is 14.1. The standard InChI is InChI=1S/C59H29N3O2/c60-28-30-24-46-49(51-38-21-10-18-31(58(38)64-57(30)51)29-12-2-1-3-13-29)41-27-47-48(37-20-11-19-35-32-14-7-9-23-44(32)61(47)54(35)37)50-40-25-43-39(26-45(40)62(46)55(41)50)56(63)53-34-16-5-4-15-33(34)52-36-17-6-8-22-42(36)59(43,52)53/h1-27,52-53H. The summed E-state index contributed by atoms with van der Waals surface area (Å²) in [5, 5.41) is 22.2. The molecule has 5 heteroatoms. The van der Waals surface area contributed by atoms with Gasteiger partial charge >= 0.3 is 0 Å². The molecule has 3 unspecified atom stereocenters. The van der Waals surface area contributed by atoms with E-state index in [0.29, 0.717) is 11.1 Å². The Morgan fingerprint density at radius 2 is 1.16 bits per heavy atom. The van der Waals surface area contributed by atoms with Crippen molar-refractivity contribution >= 4 is 104 Å². The van der Waals surface area contributed by atoms with Crippen molar-refractivity contribution in [3.05, 3.63) is 203 Å². The first-order valence-corrected chi connectivity index (χ1v) is 22.1. The molecule has 64 heavy (non-hydrogen) atoms. The van der Waals surface area contributed by atoms with Crippen LogP contribution in [-0.2, 0) is 5.41 Å². The molecule has 0 aliphatic heterocycles. The van der Waals surface area contributed by atoms with Gasteiger partial charge in [-0.3, -0.25) is 4.79 Å². The van der Waals surface area contributed by atoms with E-state index in [2.05, 4.69) is 154 Å². The van der Waals surface area contributed by atoms with E-state index in [1.54, 1.807) is 0 Å². The molecule has 5 nitrogen and oxygen atoms in total. The molecule has 0 radical (unpaired) electrons. The maximum atomic E-state index is 15.4. The molecule has 5 aromatic heterocycles. The topological polar surface area (TPSA) is 62.8 Å². The van der Waals surface area contributed by atoms with E-state index < -0.39 is 5.41 Å². The molecule has 0 fully saturated rings. The minimum absolute atomic E-state index is 0.110. The summed E-state index contributed by atoms with van der Waals surface area (Å²) in [6.45, 7) is 0. The number of aromatic nitrogens is 2. The molecule has 0 bridgehead atoms. The van der Waals surface area contributed by atoms with E-state index in [-0.39, 0.29) is 17.6 Å². The summed E-state index contributed by atoms with van der Waals surface area (Å²) in [5.74, 6) is 0.0151. The summed E-state index contributed by atoms with van der Waals surface area (Å²) in [5.41, 5.74) is 17.0. The summed E-state index contributed by atoms with van der Waals surface area (Å²) in [6.07, 6.45) is 0. The van der Waals surface area contributed by atoms with Crippen LogP contribution in [0.25, 0.3) is 109 Å². The first-order valence-electron chi connectivity index (χ1n) is 22.1. The lowest BCUT2D eigenvalue weighted by Gasteiger charge is -2.48. The minimum Gasteiger partial charge on any atom is -0.454 e. The second-order valence-electron chi connectivity index (χ2n) is 18.4. The Labute approximate surface area is 362 Å². The third-order valence-corrected chi connectivity index (χ3v) is 16.0. The molecule has 5 heterocycles. The van der Waals surface area contributed by atoms with Gasteiger partial charge in [0.1, 0.15) is 11.7 Å². The highest BCUT2D eigenvalue weighted by molar-refractivity contribution is 6.41. The van der Waals surface area contributed by atoms with Crippen molar-refractivity contribution in [3.63, 3.8) is 0 Å². The van der Waals surface area contributed by atoms with Gasteiger partial charge in [0.15, 0.2) is 11.4 Å². The van der Waals surface area contributed by atoms with Crippen LogP contribution in [0.2, 0.25) is 0 Å². The number of Topliss-reactive ketones (excluding diaryl/α,β-unsaturated/α-hetero) is 1. The lowest BCUT2D eigenvalue weighted by Crippen LogP contribution is -2.43. The van der Waals surface area contributed by atoms with Crippen LogP contribution in [0.4, 0.5) is 0 Å². The van der Waals surface area contributed by atoms with Gasteiger partial charge in [-0.25, -0.2) is 0 Å². The van der Waals surface area contributed by atoms with Gasteiger partial charge in [0.2, 0.25) is 0 Å². The zero-order valence-corrected chi connectivity index (χ0v) is 33.9. The van der Waals surface area contributed by atoms with Crippen molar-refractivity contribution < 1.29 is 9.21 Å². The maximum Gasteiger partial charge on any atom is 0.171 e. The van der Waals surface area contributed by atoms with Crippen molar-refractivity contribution in [1.82, 2.24) is 8.80 Å². The molecule has 0 saturated heterocycles. The normalized spacial score (nSPS) is 18.7. The first-order chi connectivity index (χ1) is 31.7. The van der Waals surface area contributed by atoms with Crippen molar-refractivity contribution in [1.29, 1.82) is 5.26 Å². The number of carbonyl (C=O) groups excluding carboxylic acids is 1. The van der Waals surface area contributed by atoms with Crippen molar-refractivity contribution in [3.8, 4) is 17.2 Å². The Morgan fingerprint density at radius 3 is 2.03 bits per heavy atom. The number of fused-ring (bicyclic) bond motifs is 23. The van der Waals surface area contributed by atoms with Gasteiger partial charge < -0.3 is 13.2 Å². The average Bonchev–Trinajstić information content (AvgIpc) is 4.19. The van der Waals surface area contributed by atoms with Gasteiger partial charge in [0.25, 0.3) is 0 Å². The van der Waals surface area contributed by atoms with Crippen LogP contribution >= 0.6 is 0 Å². The number of nitriles is 1. The molecule has 9 aromatic carbocycles. The van der Waals surface area contributed by atoms with Gasteiger partial charge in [0, 0.05) is 76.3 Å². The second-order valence-corrected chi connectivity index (χ2v) is 18.4. The fraction of sp³-hybridized carbons (Fsp3) is 0.0508. The Balaban J connectivity index is 1.11. The summed E-state index contributed by atoms with van der Waals surface area (Å²) in [7, 11) is 0. The van der Waals surface area contributed by atoms with Gasteiger partial charge in [-0.2, -0.15) is 5.26 Å². The van der Waals surface area contributed by atoms with Crippen LogP contribution in [0.1, 0.15) is 55.6 Å². The number of nitrogens with zero attached hydrogens (tertiary/aromatic N) is 3. The third-order valence-electron chi connectivity index (χ3n) is 16.0. The number of carbonyl (C=O) groups is 1. The second kappa shape index (κ2) is 10.4. The van der Waals surface area contributed by atoms with Crippen LogP contribution in [0.15, 0.2) is 168 Å². The number of rotatable bonds is 1. The third kappa shape index (κ3) is 3.21. The number of furan rings is 1. The zero-order valence-electron chi connectivity index (χ0n) is 33.9. The fourth-order valence-corrected chi connectivity index (χ4v) is 13.9. The van der Waals surface area contributed by atoms with Gasteiger partial charge in [0.05, 0.1) is 44.6 Å². The van der Waals surface area contributed by atoms with E-state index in [9.17, 15) is 5.26 Å². The molecule has 3 aliphatic carbocycles. The molecule has 3 atom stereocenters. The number of hydrogen-bond donors (Lipinski definition) is 0. The van der Waals surface area contributed by atoms with E-state index in [4.69, 9.17) is 4.42 Å². The summed E-state index contributed by atoms with van der Waals surface area (Å²) in [4.78, 5) is 15.4.